The number of hydrogen-bond acceptors (Lipinski definition) is 2. The average Bonchev–Trinajstić information content (AvgIpc) is 2.83. The van der Waals surface area contributed by atoms with E-state index in [2.05, 4.69) is 4.99 Å². The van der Waals surface area contributed by atoms with E-state index < -0.39 is 0 Å². The van der Waals surface area contributed by atoms with Crippen LogP contribution in [0.15, 0.2) is 52.8 Å². The number of halogens is 3. The SMILES string of the molecule is Cn1c(-c2ccc(Cl)cc2Cl)csc1=Nc1ccc(Cl)cc1. The van der Waals surface area contributed by atoms with Gasteiger partial charge in [0.15, 0.2) is 4.80 Å². The molecule has 0 atom stereocenters. The summed E-state index contributed by atoms with van der Waals surface area (Å²) in [5.41, 5.74) is 2.79. The van der Waals surface area contributed by atoms with E-state index in [-0.39, 0.29) is 0 Å². The molecular formula is C16H11Cl3N2S. The number of aromatic nitrogens is 1. The van der Waals surface area contributed by atoms with E-state index in [1.165, 1.54) is 0 Å². The molecule has 1 aromatic heterocycles. The predicted molar refractivity (Wildman–Crippen MR) is 95.4 cm³/mol. The zero-order chi connectivity index (χ0) is 15.7. The number of rotatable bonds is 2. The van der Waals surface area contributed by atoms with Crippen molar-refractivity contribution in [2.75, 3.05) is 0 Å². The van der Waals surface area contributed by atoms with Crippen molar-refractivity contribution in [1.82, 2.24) is 4.57 Å². The fourth-order valence-corrected chi connectivity index (χ4v) is 3.59. The number of hydrogen-bond donors (Lipinski definition) is 0. The topological polar surface area (TPSA) is 17.3 Å². The molecule has 22 heavy (non-hydrogen) atoms. The smallest absolute Gasteiger partial charge is 0.190 e. The Morgan fingerprint density at radius 2 is 1.64 bits per heavy atom. The zero-order valence-electron chi connectivity index (χ0n) is 11.6. The van der Waals surface area contributed by atoms with Gasteiger partial charge >= 0.3 is 0 Å². The van der Waals surface area contributed by atoms with E-state index in [4.69, 9.17) is 34.8 Å². The molecule has 3 aromatic rings. The first-order valence-corrected chi connectivity index (χ1v) is 8.46. The van der Waals surface area contributed by atoms with Crippen LogP contribution in [0.25, 0.3) is 11.3 Å². The van der Waals surface area contributed by atoms with Gasteiger partial charge in [0.05, 0.1) is 16.4 Å². The van der Waals surface area contributed by atoms with Crippen molar-refractivity contribution < 1.29 is 0 Å². The molecule has 0 saturated carbocycles. The second-order valence-corrected chi connectivity index (χ2v) is 6.79. The third-order valence-electron chi connectivity index (χ3n) is 3.18. The van der Waals surface area contributed by atoms with Crippen molar-refractivity contribution in [3.8, 4) is 11.3 Å². The molecule has 0 bridgehead atoms. The van der Waals surface area contributed by atoms with Gasteiger partial charge in [-0.15, -0.1) is 11.3 Å². The van der Waals surface area contributed by atoms with Crippen LogP contribution in [-0.4, -0.2) is 4.57 Å². The summed E-state index contributed by atoms with van der Waals surface area (Å²) < 4.78 is 2.01. The van der Waals surface area contributed by atoms with Crippen LogP contribution < -0.4 is 4.80 Å². The summed E-state index contributed by atoms with van der Waals surface area (Å²) in [6.07, 6.45) is 0. The molecule has 6 heteroatoms. The summed E-state index contributed by atoms with van der Waals surface area (Å²) in [6, 6.07) is 12.9. The Bertz CT molecular complexity index is 879. The number of nitrogens with zero attached hydrogens (tertiary/aromatic N) is 2. The molecule has 1 heterocycles. The first-order chi connectivity index (χ1) is 10.5. The van der Waals surface area contributed by atoms with E-state index in [9.17, 15) is 0 Å². The lowest BCUT2D eigenvalue weighted by atomic mass is 10.2. The highest BCUT2D eigenvalue weighted by Gasteiger charge is 2.09. The van der Waals surface area contributed by atoms with E-state index >= 15 is 0 Å². The Labute approximate surface area is 147 Å². The summed E-state index contributed by atoms with van der Waals surface area (Å²) in [4.78, 5) is 5.51. The number of benzene rings is 2. The first-order valence-electron chi connectivity index (χ1n) is 6.45. The van der Waals surface area contributed by atoms with Crippen molar-refractivity contribution in [3.05, 3.63) is 67.7 Å². The zero-order valence-corrected chi connectivity index (χ0v) is 14.6. The summed E-state index contributed by atoms with van der Waals surface area (Å²) in [6.45, 7) is 0. The van der Waals surface area contributed by atoms with E-state index in [1.54, 1.807) is 17.4 Å². The summed E-state index contributed by atoms with van der Waals surface area (Å²) >= 11 is 19.7. The lowest BCUT2D eigenvalue weighted by Crippen LogP contribution is -2.10. The molecule has 0 N–H and O–H groups in total. The highest BCUT2D eigenvalue weighted by Crippen LogP contribution is 2.30. The molecule has 0 radical (unpaired) electrons. The van der Waals surface area contributed by atoms with Gasteiger partial charge in [-0.1, -0.05) is 34.8 Å². The molecule has 0 amide bonds. The molecule has 0 spiro atoms. The maximum atomic E-state index is 6.28. The Morgan fingerprint density at radius 3 is 2.32 bits per heavy atom. The minimum Gasteiger partial charge on any atom is -0.319 e. The molecule has 2 nitrogen and oxygen atoms in total. The third kappa shape index (κ3) is 3.23. The largest absolute Gasteiger partial charge is 0.319 e. The second kappa shape index (κ2) is 6.47. The molecule has 0 unspecified atom stereocenters. The lowest BCUT2D eigenvalue weighted by molar-refractivity contribution is 0.883. The van der Waals surface area contributed by atoms with Crippen LogP contribution in [0.1, 0.15) is 0 Å². The van der Waals surface area contributed by atoms with Crippen LogP contribution in [0.4, 0.5) is 5.69 Å². The van der Waals surface area contributed by atoms with Gasteiger partial charge in [-0.25, -0.2) is 4.99 Å². The van der Waals surface area contributed by atoms with Crippen molar-refractivity contribution in [2.45, 2.75) is 0 Å². The van der Waals surface area contributed by atoms with Crippen LogP contribution in [-0.2, 0) is 7.05 Å². The van der Waals surface area contributed by atoms with Crippen molar-refractivity contribution in [1.29, 1.82) is 0 Å². The highest BCUT2D eigenvalue weighted by atomic mass is 35.5. The van der Waals surface area contributed by atoms with Crippen molar-refractivity contribution >= 4 is 51.8 Å². The predicted octanol–water partition coefficient (Wildman–Crippen LogP) is 5.95. The van der Waals surface area contributed by atoms with Gasteiger partial charge in [-0.2, -0.15) is 0 Å². The van der Waals surface area contributed by atoms with Crippen LogP contribution in [0.5, 0.6) is 0 Å². The van der Waals surface area contributed by atoms with Crippen LogP contribution in [0.2, 0.25) is 15.1 Å². The highest BCUT2D eigenvalue weighted by molar-refractivity contribution is 7.07. The van der Waals surface area contributed by atoms with E-state index in [0.717, 1.165) is 21.7 Å². The van der Waals surface area contributed by atoms with Crippen molar-refractivity contribution in [2.24, 2.45) is 12.0 Å². The summed E-state index contributed by atoms with van der Waals surface area (Å²) in [7, 11) is 1.96. The Morgan fingerprint density at radius 1 is 0.955 bits per heavy atom. The molecule has 3 rings (SSSR count). The standard InChI is InChI=1S/C16H11Cl3N2S/c1-21-15(13-7-4-11(18)8-14(13)19)9-22-16(21)20-12-5-2-10(17)3-6-12/h2-9H,1H3. The summed E-state index contributed by atoms with van der Waals surface area (Å²) in [5, 5.41) is 3.98. The monoisotopic (exact) mass is 368 g/mol. The van der Waals surface area contributed by atoms with Gasteiger partial charge in [0, 0.05) is 28.0 Å². The van der Waals surface area contributed by atoms with Gasteiger partial charge in [0.25, 0.3) is 0 Å². The quantitative estimate of drug-likeness (QED) is 0.531. The minimum atomic E-state index is 0.623. The normalized spacial score (nSPS) is 11.9. The molecule has 0 saturated heterocycles. The Balaban J connectivity index is 2.07. The molecule has 0 aliphatic heterocycles. The lowest BCUT2D eigenvalue weighted by Gasteiger charge is -2.05. The maximum Gasteiger partial charge on any atom is 0.190 e. The summed E-state index contributed by atoms with van der Waals surface area (Å²) in [5.74, 6) is 0. The van der Waals surface area contributed by atoms with Crippen molar-refractivity contribution in [3.63, 3.8) is 0 Å². The van der Waals surface area contributed by atoms with Gasteiger partial charge in [-0.05, 0) is 42.5 Å². The second-order valence-electron chi connectivity index (χ2n) is 4.67. The molecular weight excluding hydrogens is 359 g/mol. The minimum absolute atomic E-state index is 0.623. The van der Waals surface area contributed by atoms with Crippen LogP contribution in [0, 0.1) is 0 Å². The number of thiazole rings is 1. The van der Waals surface area contributed by atoms with Gasteiger partial charge < -0.3 is 4.57 Å². The molecule has 0 aliphatic carbocycles. The molecule has 112 valence electrons. The van der Waals surface area contributed by atoms with Gasteiger partial charge in [0.1, 0.15) is 0 Å². The van der Waals surface area contributed by atoms with E-state index in [0.29, 0.717) is 15.1 Å². The van der Waals surface area contributed by atoms with Crippen LogP contribution in [0.3, 0.4) is 0 Å². The Hall–Kier alpha value is -1.26. The van der Waals surface area contributed by atoms with Gasteiger partial charge in [-0.3, -0.25) is 0 Å². The van der Waals surface area contributed by atoms with E-state index in [1.807, 2.05) is 53.4 Å². The fourth-order valence-electron chi connectivity index (χ4n) is 2.04. The molecule has 2 aromatic carbocycles. The van der Waals surface area contributed by atoms with Crippen LogP contribution >= 0.6 is 46.1 Å². The maximum absolute atomic E-state index is 6.28. The average molecular weight is 370 g/mol. The fraction of sp³-hybridized carbons (Fsp3) is 0.0625. The van der Waals surface area contributed by atoms with Gasteiger partial charge in [0.2, 0.25) is 0 Å². The first kappa shape index (κ1) is 15.6. The Kier molecular flexibility index (Phi) is 4.59. The molecule has 0 fully saturated rings. The molecule has 0 aliphatic rings. The third-order valence-corrected chi connectivity index (χ3v) is 4.90.